The van der Waals surface area contributed by atoms with Gasteiger partial charge >= 0.3 is 6.03 Å². The molecule has 2 aromatic carbocycles. The summed E-state index contributed by atoms with van der Waals surface area (Å²) in [7, 11) is 2.99. The number of imide groups is 1. The van der Waals surface area contributed by atoms with Crippen LogP contribution in [0.2, 0.25) is 5.02 Å². The number of aromatic nitrogens is 2. The van der Waals surface area contributed by atoms with Gasteiger partial charge in [0.1, 0.15) is 5.75 Å². The Labute approximate surface area is 199 Å². The van der Waals surface area contributed by atoms with Crippen molar-refractivity contribution in [1.29, 1.82) is 0 Å². The van der Waals surface area contributed by atoms with Crippen molar-refractivity contribution in [2.45, 2.75) is 12.1 Å². The van der Waals surface area contributed by atoms with Crippen LogP contribution in [0.5, 0.6) is 5.75 Å². The second-order valence-corrected chi connectivity index (χ2v) is 8.26. The van der Waals surface area contributed by atoms with Gasteiger partial charge in [-0.3, -0.25) is 19.5 Å². The topological polar surface area (TPSA) is 112 Å². The van der Waals surface area contributed by atoms with Crippen LogP contribution in [0.25, 0.3) is 16.6 Å². The van der Waals surface area contributed by atoms with Crippen molar-refractivity contribution in [3.8, 4) is 11.4 Å². The Balaban J connectivity index is 1.97. The summed E-state index contributed by atoms with van der Waals surface area (Å²) in [6.07, 6.45) is 0. The van der Waals surface area contributed by atoms with Crippen molar-refractivity contribution in [1.82, 2.24) is 20.2 Å². The van der Waals surface area contributed by atoms with E-state index in [-0.39, 0.29) is 23.0 Å². The second-order valence-electron chi connectivity index (χ2n) is 6.91. The molecule has 0 aliphatic rings. The highest BCUT2D eigenvalue weighted by Crippen LogP contribution is 2.31. The number of fused-ring (bicyclic) bond motifs is 1. The van der Waals surface area contributed by atoms with E-state index < -0.39 is 11.9 Å². The maximum absolute atomic E-state index is 13.4. The molecule has 0 spiro atoms. The molecule has 0 aliphatic carbocycles. The molecule has 0 saturated carbocycles. The van der Waals surface area contributed by atoms with E-state index >= 15 is 0 Å². The highest BCUT2D eigenvalue weighted by atomic mass is 35.5. The van der Waals surface area contributed by atoms with Crippen LogP contribution in [0.1, 0.15) is 5.56 Å². The molecule has 0 atom stereocenters. The lowest BCUT2D eigenvalue weighted by molar-refractivity contribution is -0.117. The molecule has 174 valence electrons. The lowest BCUT2D eigenvalue weighted by Gasteiger charge is -2.17. The first-order chi connectivity index (χ1) is 15.8. The number of methoxy groups -OCH3 is 2. The molecule has 3 amide bonds. The molecule has 11 heteroatoms. The van der Waals surface area contributed by atoms with Crippen LogP contribution in [0.3, 0.4) is 0 Å². The molecule has 0 bridgehead atoms. The minimum absolute atomic E-state index is 0.142. The summed E-state index contributed by atoms with van der Waals surface area (Å²) in [5.41, 5.74) is 1.36. The summed E-state index contributed by atoms with van der Waals surface area (Å²) >= 11 is 7.26. The average molecular weight is 491 g/mol. The third-order valence-electron chi connectivity index (χ3n) is 4.62. The molecule has 0 radical (unpaired) electrons. The SMILES string of the molecule is COCCNC(=O)NC(=O)CSc1nc2ccccc2c(=O)n1-c1cc(C)c(Cl)cc1OC. The summed E-state index contributed by atoms with van der Waals surface area (Å²) in [4.78, 5) is 42.1. The monoisotopic (exact) mass is 490 g/mol. The summed E-state index contributed by atoms with van der Waals surface area (Å²) in [5.74, 6) is -0.297. The van der Waals surface area contributed by atoms with Crippen molar-refractivity contribution in [2.24, 2.45) is 0 Å². The lowest BCUT2D eigenvalue weighted by Crippen LogP contribution is -2.41. The van der Waals surface area contributed by atoms with Crippen LogP contribution in [0, 0.1) is 6.92 Å². The number of nitrogens with one attached hydrogen (secondary N) is 2. The third kappa shape index (κ3) is 5.84. The molecule has 3 aromatic rings. The van der Waals surface area contributed by atoms with Gasteiger partial charge in [0, 0.05) is 24.7 Å². The largest absolute Gasteiger partial charge is 0.495 e. The van der Waals surface area contributed by atoms with E-state index in [1.165, 1.54) is 18.8 Å². The molecular weight excluding hydrogens is 468 g/mol. The van der Waals surface area contributed by atoms with Gasteiger partial charge in [0.2, 0.25) is 5.91 Å². The highest BCUT2D eigenvalue weighted by molar-refractivity contribution is 7.99. The van der Waals surface area contributed by atoms with E-state index in [4.69, 9.17) is 21.1 Å². The number of halogens is 1. The van der Waals surface area contributed by atoms with E-state index in [1.54, 1.807) is 36.4 Å². The Morgan fingerprint density at radius 2 is 1.97 bits per heavy atom. The fourth-order valence-electron chi connectivity index (χ4n) is 3.01. The number of ether oxygens (including phenoxy) is 2. The van der Waals surface area contributed by atoms with Gasteiger partial charge < -0.3 is 14.8 Å². The van der Waals surface area contributed by atoms with Gasteiger partial charge in [0.05, 0.1) is 36.1 Å². The standard InChI is InChI=1S/C22H23ClN4O5S/c1-13-10-17(18(32-3)11-15(13)23)27-20(29)14-6-4-5-7-16(14)25-22(27)33-12-19(28)26-21(30)24-8-9-31-2/h4-7,10-11H,8-9,12H2,1-3H3,(H2,24,26,28,30). The zero-order valence-electron chi connectivity index (χ0n) is 18.3. The first-order valence-electron chi connectivity index (χ1n) is 9.91. The summed E-state index contributed by atoms with van der Waals surface area (Å²) in [6.45, 7) is 2.41. The Morgan fingerprint density at radius 1 is 1.21 bits per heavy atom. The molecule has 0 aliphatic heterocycles. The van der Waals surface area contributed by atoms with E-state index in [0.717, 1.165) is 17.3 Å². The van der Waals surface area contributed by atoms with E-state index in [1.807, 2.05) is 6.92 Å². The molecule has 0 saturated heterocycles. The predicted octanol–water partition coefficient (Wildman–Crippen LogP) is 2.92. The maximum atomic E-state index is 13.4. The zero-order valence-corrected chi connectivity index (χ0v) is 19.9. The number of thioether (sulfide) groups is 1. The van der Waals surface area contributed by atoms with Crippen molar-refractivity contribution >= 4 is 46.2 Å². The number of rotatable bonds is 8. The summed E-state index contributed by atoms with van der Waals surface area (Å²) < 4.78 is 11.7. The van der Waals surface area contributed by atoms with Crippen LogP contribution in [0.4, 0.5) is 4.79 Å². The van der Waals surface area contributed by atoms with Gasteiger partial charge in [-0.1, -0.05) is 35.5 Å². The van der Waals surface area contributed by atoms with Crippen LogP contribution in [-0.4, -0.2) is 54.6 Å². The van der Waals surface area contributed by atoms with E-state index in [2.05, 4.69) is 15.6 Å². The molecule has 0 fully saturated rings. The normalized spacial score (nSPS) is 10.8. The van der Waals surface area contributed by atoms with Crippen LogP contribution in [-0.2, 0) is 9.53 Å². The number of hydrogen-bond donors (Lipinski definition) is 2. The first-order valence-corrected chi connectivity index (χ1v) is 11.3. The molecule has 0 unspecified atom stereocenters. The van der Waals surface area contributed by atoms with Gasteiger partial charge in [0.15, 0.2) is 5.16 Å². The smallest absolute Gasteiger partial charge is 0.321 e. The Kier molecular flexibility index (Phi) is 8.32. The van der Waals surface area contributed by atoms with Crippen molar-refractivity contribution in [3.05, 3.63) is 57.3 Å². The number of hydrogen-bond acceptors (Lipinski definition) is 7. The fourth-order valence-corrected chi connectivity index (χ4v) is 3.97. The molecular formula is C22H23ClN4O5S. The van der Waals surface area contributed by atoms with Crippen LogP contribution in [0.15, 0.2) is 46.3 Å². The molecule has 9 nitrogen and oxygen atoms in total. The minimum Gasteiger partial charge on any atom is -0.495 e. The molecule has 1 heterocycles. The van der Waals surface area contributed by atoms with Crippen molar-refractivity contribution in [3.63, 3.8) is 0 Å². The number of para-hydroxylation sites is 1. The quantitative estimate of drug-likeness (QED) is 0.283. The van der Waals surface area contributed by atoms with Gasteiger partial charge in [-0.25, -0.2) is 9.78 Å². The molecule has 3 rings (SSSR count). The maximum Gasteiger partial charge on any atom is 0.321 e. The number of urea groups is 1. The van der Waals surface area contributed by atoms with Crippen molar-refractivity contribution < 1.29 is 19.1 Å². The number of aryl methyl sites for hydroxylation is 1. The average Bonchev–Trinajstić information content (AvgIpc) is 2.79. The number of carbonyl (C=O) groups excluding carboxylic acids is 2. The Hall–Kier alpha value is -3.08. The summed E-state index contributed by atoms with van der Waals surface area (Å²) in [5, 5.41) is 5.92. The minimum atomic E-state index is -0.628. The molecule has 2 N–H and O–H groups in total. The highest BCUT2D eigenvalue weighted by Gasteiger charge is 2.19. The zero-order chi connectivity index (χ0) is 24.0. The van der Waals surface area contributed by atoms with Gasteiger partial charge in [-0.05, 0) is 30.7 Å². The van der Waals surface area contributed by atoms with Crippen LogP contribution < -0.4 is 20.9 Å². The third-order valence-corrected chi connectivity index (χ3v) is 5.97. The number of amides is 3. The Bertz CT molecular complexity index is 1250. The van der Waals surface area contributed by atoms with Gasteiger partial charge in [-0.2, -0.15) is 0 Å². The first kappa shape index (κ1) is 24.6. The van der Waals surface area contributed by atoms with Crippen LogP contribution >= 0.6 is 23.4 Å². The number of nitrogens with zero attached hydrogens (tertiary/aromatic N) is 2. The lowest BCUT2D eigenvalue weighted by atomic mass is 10.2. The van der Waals surface area contributed by atoms with E-state index in [9.17, 15) is 14.4 Å². The van der Waals surface area contributed by atoms with Gasteiger partial charge in [-0.15, -0.1) is 0 Å². The summed E-state index contributed by atoms with van der Waals surface area (Å²) in [6, 6.07) is 9.66. The second kappa shape index (κ2) is 11.2. The molecule has 33 heavy (non-hydrogen) atoms. The number of benzene rings is 2. The fraction of sp³-hybridized carbons (Fsp3) is 0.273. The Morgan fingerprint density at radius 3 is 2.70 bits per heavy atom. The van der Waals surface area contributed by atoms with Gasteiger partial charge in [0.25, 0.3) is 5.56 Å². The molecule has 1 aromatic heterocycles. The van der Waals surface area contributed by atoms with Crippen molar-refractivity contribution in [2.75, 3.05) is 33.1 Å². The van der Waals surface area contributed by atoms with E-state index in [0.29, 0.717) is 34.0 Å². The number of carbonyl (C=O) groups is 2. The predicted molar refractivity (Wildman–Crippen MR) is 128 cm³/mol.